The van der Waals surface area contributed by atoms with Crippen molar-refractivity contribution >= 4 is 27.5 Å². The van der Waals surface area contributed by atoms with Crippen LogP contribution in [0.3, 0.4) is 0 Å². The third-order valence-electron chi connectivity index (χ3n) is 4.07. The van der Waals surface area contributed by atoms with Crippen molar-refractivity contribution in [3.8, 4) is 11.4 Å². The van der Waals surface area contributed by atoms with Gasteiger partial charge in [0.15, 0.2) is 6.20 Å². The first-order valence-electron chi connectivity index (χ1n) is 7.46. The van der Waals surface area contributed by atoms with Crippen molar-refractivity contribution in [1.82, 2.24) is 4.98 Å². The van der Waals surface area contributed by atoms with E-state index in [1.165, 1.54) is 0 Å². The van der Waals surface area contributed by atoms with Gasteiger partial charge in [0, 0.05) is 22.3 Å². The minimum absolute atomic E-state index is 0. The van der Waals surface area contributed by atoms with E-state index in [9.17, 15) is 9.59 Å². The van der Waals surface area contributed by atoms with E-state index < -0.39 is 0 Å². The highest BCUT2D eigenvalue weighted by Crippen LogP contribution is 2.31. The second-order valence-electron chi connectivity index (χ2n) is 5.56. The van der Waals surface area contributed by atoms with Gasteiger partial charge in [0.25, 0.3) is 0 Å². The Balaban J connectivity index is 0.00000182. The number of carbonyl (C=O) groups excluding carboxylic acids is 2. The van der Waals surface area contributed by atoms with Gasteiger partial charge in [-0.05, 0) is 30.3 Å². The molecule has 4 nitrogen and oxygen atoms in total. The Morgan fingerprint density at radius 1 is 1.04 bits per heavy atom. The van der Waals surface area contributed by atoms with E-state index in [-0.39, 0.29) is 35.1 Å². The highest BCUT2D eigenvalue weighted by Gasteiger charge is 2.36. The number of fused-ring (bicyclic) bond motifs is 3. The van der Waals surface area contributed by atoms with Gasteiger partial charge in [-0.15, -0.1) is 0 Å². The standard InChI is InChI=1S/C19H12BrN2O2.BrH/c20-13-7-5-12(6-8-13)16(23)11-22-10-2-4-15-18(22)17-14(19(15)24)3-1-9-21-17;/h1-10H,11H2;1H/q+1;/p-1. The summed E-state index contributed by atoms with van der Waals surface area (Å²) < 4.78 is 2.73. The largest absolute Gasteiger partial charge is 1.00 e. The quantitative estimate of drug-likeness (QED) is 0.325. The van der Waals surface area contributed by atoms with E-state index in [0.717, 1.165) is 4.47 Å². The van der Waals surface area contributed by atoms with E-state index in [0.29, 0.717) is 28.1 Å². The fourth-order valence-corrected chi connectivity index (χ4v) is 3.20. The molecule has 1 aliphatic rings. The van der Waals surface area contributed by atoms with Crippen LogP contribution in [0, 0.1) is 0 Å². The maximum Gasteiger partial charge on any atom is 0.243 e. The van der Waals surface area contributed by atoms with Gasteiger partial charge in [0.05, 0.1) is 11.1 Å². The molecule has 0 radical (unpaired) electrons. The summed E-state index contributed by atoms with van der Waals surface area (Å²) in [6, 6.07) is 14.3. The highest BCUT2D eigenvalue weighted by molar-refractivity contribution is 9.10. The van der Waals surface area contributed by atoms with Gasteiger partial charge >= 0.3 is 0 Å². The number of ketones is 2. The maximum absolute atomic E-state index is 12.6. The molecular formula is C19H12Br2N2O2. The number of halogens is 2. The van der Waals surface area contributed by atoms with Crippen LogP contribution in [-0.2, 0) is 6.54 Å². The second-order valence-corrected chi connectivity index (χ2v) is 6.47. The predicted octanol–water partition coefficient (Wildman–Crippen LogP) is 0.230. The molecule has 1 aromatic carbocycles. The third-order valence-corrected chi connectivity index (χ3v) is 4.60. The van der Waals surface area contributed by atoms with E-state index in [4.69, 9.17) is 0 Å². The summed E-state index contributed by atoms with van der Waals surface area (Å²) in [5.74, 6) is -0.0590. The van der Waals surface area contributed by atoms with Gasteiger partial charge in [-0.3, -0.25) is 9.59 Å². The number of rotatable bonds is 3. The molecular weight excluding hydrogens is 448 g/mol. The summed E-state index contributed by atoms with van der Waals surface area (Å²) >= 11 is 3.36. The van der Waals surface area contributed by atoms with Crippen molar-refractivity contribution in [2.24, 2.45) is 0 Å². The lowest BCUT2D eigenvalue weighted by molar-refractivity contribution is -0.672. The summed E-state index contributed by atoms with van der Waals surface area (Å²) in [6.45, 7) is 0.161. The van der Waals surface area contributed by atoms with Gasteiger partial charge in [0.1, 0.15) is 5.69 Å². The van der Waals surface area contributed by atoms with Crippen LogP contribution in [-0.4, -0.2) is 16.6 Å². The number of hydrogen-bond acceptors (Lipinski definition) is 3. The fourth-order valence-electron chi connectivity index (χ4n) is 2.93. The predicted molar refractivity (Wildman–Crippen MR) is 91.8 cm³/mol. The highest BCUT2D eigenvalue weighted by atomic mass is 79.9. The van der Waals surface area contributed by atoms with Gasteiger partial charge in [-0.2, -0.15) is 4.57 Å². The molecule has 0 spiro atoms. The van der Waals surface area contributed by atoms with Gasteiger partial charge in [-0.1, -0.05) is 28.1 Å². The Bertz CT molecular complexity index is 985. The molecule has 124 valence electrons. The second kappa shape index (κ2) is 6.98. The molecule has 2 aromatic heterocycles. The molecule has 4 rings (SSSR count). The zero-order valence-electron chi connectivity index (χ0n) is 12.9. The minimum Gasteiger partial charge on any atom is -1.00 e. The maximum atomic E-state index is 12.6. The molecule has 3 aromatic rings. The summed E-state index contributed by atoms with van der Waals surface area (Å²) in [7, 11) is 0. The van der Waals surface area contributed by atoms with Gasteiger partial charge in [0.2, 0.25) is 23.8 Å². The average Bonchev–Trinajstić information content (AvgIpc) is 2.90. The zero-order valence-corrected chi connectivity index (χ0v) is 16.1. The number of pyridine rings is 2. The zero-order chi connectivity index (χ0) is 16.7. The monoisotopic (exact) mass is 458 g/mol. The molecule has 0 atom stereocenters. The summed E-state index contributed by atoms with van der Waals surface area (Å²) in [5, 5.41) is 0. The molecule has 0 fully saturated rings. The number of carbonyl (C=O) groups is 2. The Morgan fingerprint density at radius 3 is 2.52 bits per heavy atom. The Labute approximate surface area is 163 Å². The van der Waals surface area contributed by atoms with Crippen molar-refractivity contribution in [2.45, 2.75) is 6.54 Å². The molecule has 6 heteroatoms. The smallest absolute Gasteiger partial charge is 0.243 e. The van der Waals surface area contributed by atoms with Crippen molar-refractivity contribution in [3.63, 3.8) is 0 Å². The van der Waals surface area contributed by atoms with Crippen molar-refractivity contribution in [1.29, 1.82) is 0 Å². The lowest BCUT2D eigenvalue weighted by atomic mass is 10.1. The van der Waals surface area contributed by atoms with Crippen LogP contribution in [0.1, 0.15) is 26.3 Å². The molecule has 25 heavy (non-hydrogen) atoms. The van der Waals surface area contributed by atoms with Crippen molar-refractivity contribution < 1.29 is 31.1 Å². The van der Waals surface area contributed by atoms with E-state index >= 15 is 0 Å². The van der Waals surface area contributed by atoms with Crippen LogP contribution in [0.2, 0.25) is 0 Å². The molecule has 1 aliphatic carbocycles. The number of hydrogen-bond donors (Lipinski definition) is 0. The third kappa shape index (κ3) is 3.07. The van der Waals surface area contributed by atoms with Crippen LogP contribution < -0.4 is 21.5 Å². The van der Waals surface area contributed by atoms with E-state index in [1.54, 1.807) is 47.2 Å². The topological polar surface area (TPSA) is 50.9 Å². The Hall–Kier alpha value is -2.18. The molecule has 0 N–H and O–H groups in total. The molecule has 0 aliphatic heterocycles. The van der Waals surface area contributed by atoms with Gasteiger partial charge in [-0.25, -0.2) is 4.98 Å². The molecule has 0 bridgehead atoms. The SMILES string of the molecule is O=C(C[n+]1cccc2c1-c1ncccc1C2=O)c1ccc(Br)cc1.[Br-]. The lowest BCUT2D eigenvalue weighted by Crippen LogP contribution is -3.00. The first-order chi connectivity index (χ1) is 11.6. The Kier molecular flexibility index (Phi) is 4.92. The average molecular weight is 460 g/mol. The number of aromatic nitrogens is 2. The van der Waals surface area contributed by atoms with Crippen LogP contribution in [0.5, 0.6) is 0 Å². The molecule has 2 heterocycles. The number of nitrogens with zero attached hydrogens (tertiary/aromatic N) is 2. The summed E-state index contributed by atoms with van der Waals surface area (Å²) in [6.07, 6.45) is 3.47. The molecule has 0 saturated heterocycles. The van der Waals surface area contributed by atoms with Crippen LogP contribution in [0.25, 0.3) is 11.4 Å². The first-order valence-corrected chi connectivity index (χ1v) is 8.26. The fraction of sp³-hybridized carbons (Fsp3) is 0.0526. The number of Topliss-reactive ketones (excluding diaryl/α,β-unsaturated/α-hetero) is 1. The summed E-state index contributed by atoms with van der Waals surface area (Å²) in [4.78, 5) is 29.4. The molecule has 0 unspecified atom stereocenters. The van der Waals surface area contributed by atoms with Crippen LogP contribution >= 0.6 is 15.9 Å². The van der Waals surface area contributed by atoms with E-state index in [1.807, 2.05) is 18.3 Å². The number of benzene rings is 1. The molecule has 0 amide bonds. The van der Waals surface area contributed by atoms with Crippen molar-refractivity contribution in [2.75, 3.05) is 0 Å². The van der Waals surface area contributed by atoms with E-state index in [2.05, 4.69) is 20.9 Å². The first kappa shape index (κ1) is 17.6. The summed E-state index contributed by atoms with van der Waals surface area (Å²) in [5.41, 5.74) is 3.16. The van der Waals surface area contributed by atoms with Gasteiger partial charge < -0.3 is 17.0 Å². The molecule has 0 saturated carbocycles. The van der Waals surface area contributed by atoms with Crippen LogP contribution in [0.4, 0.5) is 0 Å². The lowest BCUT2D eigenvalue weighted by Gasteiger charge is -2.03. The van der Waals surface area contributed by atoms with Crippen LogP contribution in [0.15, 0.2) is 65.4 Å². The van der Waals surface area contributed by atoms with Crippen molar-refractivity contribution in [3.05, 3.63) is 82.1 Å². The Morgan fingerprint density at radius 2 is 1.76 bits per heavy atom. The normalized spacial score (nSPS) is 11.5. The minimum atomic E-state index is -0.0430.